The Bertz CT molecular complexity index is 760. The zero-order valence-electron chi connectivity index (χ0n) is 12.9. The lowest BCUT2D eigenvalue weighted by Crippen LogP contribution is -2.54. The van der Waals surface area contributed by atoms with Crippen molar-refractivity contribution in [3.05, 3.63) is 29.3 Å². The van der Waals surface area contributed by atoms with Gasteiger partial charge in [-0.15, -0.1) is 0 Å². The molecule has 2 aliphatic heterocycles. The van der Waals surface area contributed by atoms with E-state index in [1.807, 2.05) is 0 Å². The van der Waals surface area contributed by atoms with Crippen molar-refractivity contribution >= 4 is 33.4 Å². The van der Waals surface area contributed by atoms with E-state index in [0.717, 1.165) is 0 Å². The number of carbonyl (C=O) groups excluding carboxylic acids is 2. The van der Waals surface area contributed by atoms with Gasteiger partial charge in [-0.25, -0.2) is 8.42 Å². The second kappa shape index (κ2) is 6.70. The molecular weight excluding hydrogens is 354 g/mol. The molecule has 2 heterocycles. The maximum atomic E-state index is 12.7. The van der Waals surface area contributed by atoms with E-state index in [0.29, 0.717) is 25.9 Å². The Morgan fingerprint density at radius 2 is 1.83 bits per heavy atom. The normalized spacial score (nSPS) is 22.5. The summed E-state index contributed by atoms with van der Waals surface area (Å²) in [7, 11) is -3.68. The van der Waals surface area contributed by atoms with E-state index < -0.39 is 16.1 Å². The fourth-order valence-corrected chi connectivity index (χ4v) is 4.88. The minimum absolute atomic E-state index is 0.0782. The predicted octanol–water partition coefficient (Wildman–Crippen LogP) is 0.451. The molecule has 1 aromatic carbocycles. The number of benzene rings is 1. The average Bonchev–Trinajstić information content (AvgIpc) is 3.01. The van der Waals surface area contributed by atoms with Crippen molar-refractivity contribution in [1.29, 1.82) is 0 Å². The first kappa shape index (κ1) is 17.2. The summed E-state index contributed by atoms with van der Waals surface area (Å²) in [6.45, 7) is 1.02. The van der Waals surface area contributed by atoms with Gasteiger partial charge in [-0.3, -0.25) is 9.59 Å². The van der Waals surface area contributed by atoms with Crippen LogP contribution in [0.4, 0.5) is 0 Å². The molecule has 0 bridgehead atoms. The maximum Gasteiger partial charge on any atom is 0.245 e. The molecule has 0 radical (unpaired) electrons. The Hall–Kier alpha value is -1.64. The van der Waals surface area contributed by atoms with Crippen LogP contribution in [0.5, 0.6) is 0 Å². The van der Waals surface area contributed by atoms with E-state index in [1.165, 1.54) is 16.4 Å². The summed E-state index contributed by atoms with van der Waals surface area (Å²) in [4.78, 5) is 25.3. The highest BCUT2D eigenvalue weighted by molar-refractivity contribution is 7.89. The van der Waals surface area contributed by atoms with Gasteiger partial charge in [-0.2, -0.15) is 4.31 Å². The lowest BCUT2D eigenvalue weighted by molar-refractivity contribution is -0.135. The molecule has 1 atom stereocenters. The Morgan fingerprint density at radius 1 is 1.17 bits per heavy atom. The predicted molar refractivity (Wildman–Crippen MR) is 88.0 cm³/mol. The van der Waals surface area contributed by atoms with Gasteiger partial charge in [0.05, 0.1) is 5.02 Å². The largest absolute Gasteiger partial charge is 0.344 e. The first-order valence-corrected chi connectivity index (χ1v) is 9.54. The average molecular weight is 372 g/mol. The SMILES string of the molecule is O=C1CC[C@@H](C(=O)N2CCN(S(=O)(=O)c3ccccc3Cl)CC2)N1. The number of carbonyl (C=O) groups is 2. The number of piperazine rings is 1. The summed E-state index contributed by atoms with van der Waals surface area (Å²) in [5.41, 5.74) is 0. The molecule has 2 amide bonds. The summed E-state index contributed by atoms with van der Waals surface area (Å²) in [6.07, 6.45) is 0.854. The van der Waals surface area contributed by atoms with E-state index in [9.17, 15) is 18.0 Å². The summed E-state index contributed by atoms with van der Waals surface area (Å²) in [6, 6.07) is 5.83. The number of sulfonamides is 1. The van der Waals surface area contributed by atoms with Crippen LogP contribution in [0.1, 0.15) is 12.8 Å². The Balaban J connectivity index is 1.66. The van der Waals surface area contributed by atoms with E-state index in [-0.39, 0.29) is 34.8 Å². The molecule has 24 heavy (non-hydrogen) atoms. The molecule has 0 spiro atoms. The highest BCUT2D eigenvalue weighted by Gasteiger charge is 2.35. The van der Waals surface area contributed by atoms with Gasteiger partial charge < -0.3 is 10.2 Å². The topological polar surface area (TPSA) is 86.8 Å². The number of nitrogens with one attached hydrogen (secondary N) is 1. The molecule has 2 aliphatic rings. The number of nitrogens with zero attached hydrogens (tertiary/aromatic N) is 2. The number of rotatable bonds is 3. The smallest absolute Gasteiger partial charge is 0.245 e. The molecule has 130 valence electrons. The van der Waals surface area contributed by atoms with Crippen molar-refractivity contribution in [2.45, 2.75) is 23.8 Å². The number of amides is 2. The molecule has 0 aliphatic carbocycles. The zero-order chi connectivity index (χ0) is 17.3. The monoisotopic (exact) mass is 371 g/mol. The minimum Gasteiger partial charge on any atom is -0.344 e. The van der Waals surface area contributed by atoms with Crippen molar-refractivity contribution in [2.24, 2.45) is 0 Å². The second-order valence-electron chi connectivity index (χ2n) is 5.82. The van der Waals surface area contributed by atoms with Crippen LogP contribution in [0.25, 0.3) is 0 Å². The first-order valence-electron chi connectivity index (χ1n) is 7.72. The molecular formula is C15H18ClN3O4S. The van der Waals surface area contributed by atoms with Crippen LogP contribution in [-0.4, -0.2) is 61.7 Å². The van der Waals surface area contributed by atoms with Crippen LogP contribution < -0.4 is 5.32 Å². The number of halogens is 1. The van der Waals surface area contributed by atoms with Gasteiger partial charge in [0.25, 0.3) is 0 Å². The van der Waals surface area contributed by atoms with Gasteiger partial charge in [0.2, 0.25) is 21.8 Å². The summed E-state index contributed by atoms with van der Waals surface area (Å²) in [5.74, 6) is -0.260. The van der Waals surface area contributed by atoms with E-state index >= 15 is 0 Å². The number of hydrogen-bond acceptors (Lipinski definition) is 4. The third-order valence-corrected chi connectivity index (χ3v) is 6.70. The van der Waals surface area contributed by atoms with Gasteiger partial charge in [0, 0.05) is 32.6 Å². The van der Waals surface area contributed by atoms with Crippen molar-refractivity contribution in [1.82, 2.24) is 14.5 Å². The molecule has 2 fully saturated rings. The third kappa shape index (κ3) is 3.26. The highest BCUT2D eigenvalue weighted by atomic mass is 35.5. The van der Waals surface area contributed by atoms with E-state index in [4.69, 9.17) is 11.6 Å². The molecule has 0 aromatic heterocycles. The van der Waals surface area contributed by atoms with Crippen LogP contribution in [-0.2, 0) is 19.6 Å². The molecule has 3 rings (SSSR count). The van der Waals surface area contributed by atoms with Crippen LogP contribution in [0, 0.1) is 0 Å². The Kier molecular flexibility index (Phi) is 4.80. The van der Waals surface area contributed by atoms with Crippen molar-refractivity contribution in [3.63, 3.8) is 0 Å². The summed E-state index contributed by atoms with van der Waals surface area (Å²) in [5, 5.41) is 2.83. The van der Waals surface area contributed by atoms with Gasteiger partial charge in [-0.1, -0.05) is 23.7 Å². The van der Waals surface area contributed by atoms with Crippen molar-refractivity contribution < 1.29 is 18.0 Å². The third-order valence-electron chi connectivity index (χ3n) is 4.30. The molecule has 1 aromatic rings. The molecule has 2 saturated heterocycles. The van der Waals surface area contributed by atoms with Crippen LogP contribution >= 0.6 is 11.6 Å². The summed E-state index contributed by atoms with van der Waals surface area (Å²) < 4.78 is 26.7. The standard InChI is InChI=1S/C15H18ClN3O4S/c16-11-3-1-2-4-13(11)24(22,23)19-9-7-18(8-10-19)15(21)12-5-6-14(20)17-12/h1-4,12H,5-10H2,(H,17,20)/t12-/m0/s1. The molecule has 9 heteroatoms. The quantitative estimate of drug-likeness (QED) is 0.835. The minimum atomic E-state index is -3.68. The van der Waals surface area contributed by atoms with Crippen LogP contribution in [0.2, 0.25) is 5.02 Å². The van der Waals surface area contributed by atoms with E-state index in [1.54, 1.807) is 17.0 Å². The van der Waals surface area contributed by atoms with Crippen LogP contribution in [0.3, 0.4) is 0 Å². The first-order chi connectivity index (χ1) is 11.4. The van der Waals surface area contributed by atoms with Gasteiger partial charge >= 0.3 is 0 Å². The number of hydrogen-bond donors (Lipinski definition) is 1. The molecule has 7 nitrogen and oxygen atoms in total. The fourth-order valence-electron chi connectivity index (χ4n) is 2.96. The highest BCUT2D eigenvalue weighted by Crippen LogP contribution is 2.25. The van der Waals surface area contributed by atoms with Gasteiger partial charge in [0.1, 0.15) is 10.9 Å². The van der Waals surface area contributed by atoms with Gasteiger partial charge in [-0.05, 0) is 18.6 Å². The lowest BCUT2D eigenvalue weighted by atomic mass is 10.2. The molecule has 1 N–H and O–H groups in total. The second-order valence-corrected chi connectivity index (χ2v) is 8.13. The lowest BCUT2D eigenvalue weighted by Gasteiger charge is -2.35. The summed E-state index contributed by atoms with van der Waals surface area (Å²) >= 11 is 6.00. The molecule has 0 saturated carbocycles. The van der Waals surface area contributed by atoms with Gasteiger partial charge in [0.15, 0.2) is 0 Å². The van der Waals surface area contributed by atoms with Crippen molar-refractivity contribution in [2.75, 3.05) is 26.2 Å². The molecule has 0 unspecified atom stereocenters. The maximum absolute atomic E-state index is 12.7. The van der Waals surface area contributed by atoms with Crippen molar-refractivity contribution in [3.8, 4) is 0 Å². The fraction of sp³-hybridized carbons (Fsp3) is 0.467. The Labute approximate surface area is 145 Å². The van der Waals surface area contributed by atoms with Crippen LogP contribution in [0.15, 0.2) is 29.2 Å². The Morgan fingerprint density at radius 3 is 2.42 bits per heavy atom. The zero-order valence-corrected chi connectivity index (χ0v) is 14.5. The van der Waals surface area contributed by atoms with E-state index in [2.05, 4.69) is 5.32 Å².